The van der Waals surface area contributed by atoms with E-state index in [1.807, 2.05) is 24.3 Å². The molecule has 0 saturated heterocycles. The molecule has 1 aromatic heterocycles. The van der Waals surface area contributed by atoms with Gasteiger partial charge >= 0.3 is 0 Å². The van der Waals surface area contributed by atoms with E-state index in [4.69, 9.17) is 10.00 Å². The minimum absolute atomic E-state index is 0.433. The first-order valence-electron chi connectivity index (χ1n) is 6.66. The second-order valence-electron chi connectivity index (χ2n) is 4.91. The molecule has 3 rings (SSSR count). The smallest absolute Gasteiger partial charge is 0.125 e. The van der Waals surface area contributed by atoms with Crippen molar-refractivity contribution >= 4 is 5.82 Å². The third-order valence-electron chi connectivity index (χ3n) is 3.42. The molecule has 0 spiro atoms. The van der Waals surface area contributed by atoms with E-state index in [2.05, 4.69) is 22.4 Å². The summed E-state index contributed by atoms with van der Waals surface area (Å²) >= 11 is 0. The van der Waals surface area contributed by atoms with E-state index in [0.717, 1.165) is 31.1 Å². The van der Waals surface area contributed by atoms with Gasteiger partial charge in [-0.15, -0.1) is 0 Å². The van der Waals surface area contributed by atoms with Crippen LogP contribution in [0.4, 0.5) is 5.82 Å². The number of nitrogens with one attached hydrogen (secondary N) is 1. The predicted molar refractivity (Wildman–Crippen MR) is 76.6 cm³/mol. The van der Waals surface area contributed by atoms with E-state index < -0.39 is 0 Å². The van der Waals surface area contributed by atoms with Crippen molar-refractivity contribution in [1.82, 2.24) is 4.98 Å². The highest BCUT2D eigenvalue weighted by Crippen LogP contribution is 2.26. The molecular formula is C16H15N3O. The van der Waals surface area contributed by atoms with Crippen molar-refractivity contribution in [1.29, 1.82) is 5.26 Å². The van der Waals surface area contributed by atoms with Crippen molar-refractivity contribution in [3.8, 4) is 11.8 Å². The fraction of sp³-hybridized carbons (Fsp3) is 0.250. The molecule has 1 atom stereocenters. The van der Waals surface area contributed by atoms with Gasteiger partial charge in [0.25, 0.3) is 0 Å². The van der Waals surface area contributed by atoms with Crippen LogP contribution < -0.4 is 10.1 Å². The monoisotopic (exact) mass is 265 g/mol. The molecule has 0 bridgehead atoms. The third kappa shape index (κ3) is 2.72. The molecule has 0 unspecified atom stereocenters. The number of pyridine rings is 1. The summed E-state index contributed by atoms with van der Waals surface area (Å²) in [6, 6.07) is 13.8. The van der Waals surface area contributed by atoms with E-state index >= 15 is 0 Å². The van der Waals surface area contributed by atoms with E-state index in [1.54, 1.807) is 12.3 Å². The number of hydrogen-bond donors (Lipinski definition) is 1. The second kappa shape index (κ2) is 5.62. The van der Waals surface area contributed by atoms with Crippen LogP contribution in [0, 0.1) is 17.2 Å². The molecule has 2 heterocycles. The van der Waals surface area contributed by atoms with E-state index in [-0.39, 0.29) is 0 Å². The lowest BCUT2D eigenvalue weighted by molar-refractivity contribution is 0.229. The molecule has 4 heteroatoms. The summed E-state index contributed by atoms with van der Waals surface area (Å²) in [5.41, 5.74) is 1.84. The Morgan fingerprint density at radius 1 is 1.30 bits per heavy atom. The number of hydrogen-bond acceptors (Lipinski definition) is 4. The Hall–Kier alpha value is -2.54. The summed E-state index contributed by atoms with van der Waals surface area (Å²) in [5.74, 6) is 2.23. The molecule has 0 aliphatic carbocycles. The minimum atomic E-state index is 0.433. The van der Waals surface area contributed by atoms with Crippen LogP contribution in [0.3, 0.4) is 0 Å². The maximum absolute atomic E-state index is 8.73. The Labute approximate surface area is 118 Å². The zero-order valence-electron chi connectivity index (χ0n) is 11.0. The van der Waals surface area contributed by atoms with Gasteiger partial charge in [-0.1, -0.05) is 18.2 Å². The minimum Gasteiger partial charge on any atom is -0.493 e. The number of para-hydroxylation sites is 1. The number of fused-ring (bicyclic) bond motifs is 1. The molecule has 1 aliphatic heterocycles. The number of nitriles is 1. The molecule has 1 aliphatic rings. The largest absolute Gasteiger partial charge is 0.493 e. The SMILES string of the molecule is N#Cc1ccc(NC[C@H]2COc3ccccc3C2)nc1. The first-order valence-corrected chi connectivity index (χ1v) is 6.66. The van der Waals surface area contributed by atoms with Gasteiger partial charge < -0.3 is 10.1 Å². The predicted octanol–water partition coefficient (Wildman–Crippen LogP) is 2.62. The third-order valence-corrected chi connectivity index (χ3v) is 3.42. The Bertz CT molecular complexity index is 631. The van der Waals surface area contributed by atoms with Crippen molar-refractivity contribution in [2.24, 2.45) is 5.92 Å². The molecule has 1 N–H and O–H groups in total. The van der Waals surface area contributed by atoms with Crippen LogP contribution in [-0.4, -0.2) is 18.1 Å². The molecule has 0 saturated carbocycles. The summed E-state index contributed by atoms with van der Waals surface area (Å²) < 4.78 is 5.76. The van der Waals surface area contributed by atoms with E-state index in [0.29, 0.717) is 11.5 Å². The number of nitrogens with zero attached hydrogens (tertiary/aromatic N) is 2. The Morgan fingerprint density at radius 3 is 3.00 bits per heavy atom. The zero-order valence-corrected chi connectivity index (χ0v) is 11.0. The maximum Gasteiger partial charge on any atom is 0.125 e. The standard InChI is InChI=1S/C16H15N3O/c17-8-12-5-6-16(18-9-12)19-10-13-7-14-3-1-2-4-15(14)20-11-13/h1-6,9,13H,7,10-11H2,(H,18,19)/t13-/m0/s1. The Morgan fingerprint density at radius 2 is 2.20 bits per heavy atom. The molecule has 1 aromatic carbocycles. The fourth-order valence-corrected chi connectivity index (χ4v) is 2.34. The van der Waals surface area contributed by atoms with Gasteiger partial charge in [-0.05, 0) is 30.2 Å². The molecule has 2 aromatic rings. The molecule has 4 nitrogen and oxygen atoms in total. The Kier molecular flexibility index (Phi) is 3.51. The molecule has 0 fully saturated rings. The van der Waals surface area contributed by atoms with Crippen LogP contribution in [0.5, 0.6) is 5.75 Å². The zero-order chi connectivity index (χ0) is 13.8. The van der Waals surface area contributed by atoms with Gasteiger partial charge in [-0.25, -0.2) is 4.98 Å². The average molecular weight is 265 g/mol. The van der Waals surface area contributed by atoms with Gasteiger partial charge in [0.1, 0.15) is 17.6 Å². The van der Waals surface area contributed by atoms with Crippen LogP contribution in [-0.2, 0) is 6.42 Å². The van der Waals surface area contributed by atoms with Crippen molar-refractivity contribution in [2.75, 3.05) is 18.5 Å². The summed E-state index contributed by atoms with van der Waals surface area (Å²) in [7, 11) is 0. The van der Waals surface area contributed by atoms with Crippen LogP contribution in [0.25, 0.3) is 0 Å². The lowest BCUT2D eigenvalue weighted by Gasteiger charge is -2.25. The van der Waals surface area contributed by atoms with Crippen LogP contribution in [0.1, 0.15) is 11.1 Å². The number of benzene rings is 1. The molecule has 0 amide bonds. The fourth-order valence-electron chi connectivity index (χ4n) is 2.34. The molecule has 100 valence electrons. The second-order valence-corrected chi connectivity index (χ2v) is 4.91. The first-order chi connectivity index (χ1) is 9.85. The molecule has 0 radical (unpaired) electrons. The van der Waals surface area contributed by atoms with Gasteiger partial charge in [0.15, 0.2) is 0 Å². The van der Waals surface area contributed by atoms with E-state index in [1.165, 1.54) is 5.56 Å². The van der Waals surface area contributed by atoms with Crippen molar-refractivity contribution in [3.63, 3.8) is 0 Å². The summed E-state index contributed by atoms with van der Waals surface area (Å²) in [4.78, 5) is 4.20. The van der Waals surface area contributed by atoms with Crippen LogP contribution in [0.2, 0.25) is 0 Å². The highest BCUT2D eigenvalue weighted by atomic mass is 16.5. The first kappa shape index (κ1) is 12.5. The van der Waals surface area contributed by atoms with Crippen LogP contribution >= 0.6 is 0 Å². The Balaban J connectivity index is 1.58. The van der Waals surface area contributed by atoms with Crippen LogP contribution in [0.15, 0.2) is 42.6 Å². The normalized spacial score (nSPS) is 16.6. The lowest BCUT2D eigenvalue weighted by atomic mass is 9.97. The van der Waals surface area contributed by atoms with Crippen molar-refractivity contribution in [2.45, 2.75) is 6.42 Å². The van der Waals surface area contributed by atoms with Gasteiger partial charge in [-0.3, -0.25) is 0 Å². The van der Waals surface area contributed by atoms with E-state index in [9.17, 15) is 0 Å². The van der Waals surface area contributed by atoms with Crippen molar-refractivity contribution < 1.29 is 4.74 Å². The van der Waals surface area contributed by atoms with Gasteiger partial charge in [0, 0.05) is 18.7 Å². The highest BCUT2D eigenvalue weighted by molar-refractivity contribution is 5.39. The van der Waals surface area contributed by atoms with Gasteiger partial charge in [0.05, 0.1) is 12.2 Å². The number of anilines is 1. The highest BCUT2D eigenvalue weighted by Gasteiger charge is 2.19. The molecule has 20 heavy (non-hydrogen) atoms. The number of aromatic nitrogens is 1. The average Bonchev–Trinajstić information content (AvgIpc) is 2.53. The topological polar surface area (TPSA) is 57.9 Å². The summed E-state index contributed by atoms with van der Waals surface area (Å²) in [6.45, 7) is 1.54. The van der Waals surface area contributed by atoms with Gasteiger partial charge in [-0.2, -0.15) is 5.26 Å². The quantitative estimate of drug-likeness (QED) is 0.926. The summed E-state index contributed by atoms with van der Waals surface area (Å²) in [5, 5.41) is 12.0. The number of ether oxygens (including phenoxy) is 1. The van der Waals surface area contributed by atoms with Gasteiger partial charge in [0.2, 0.25) is 0 Å². The number of rotatable bonds is 3. The van der Waals surface area contributed by atoms with Crippen molar-refractivity contribution in [3.05, 3.63) is 53.7 Å². The maximum atomic E-state index is 8.73. The molecular weight excluding hydrogens is 250 g/mol. The lowest BCUT2D eigenvalue weighted by Crippen LogP contribution is -2.27. The summed E-state index contributed by atoms with van der Waals surface area (Å²) in [6.07, 6.45) is 2.59.